The van der Waals surface area contributed by atoms with Crippen LogP contribution in [0.4, 0.5) is 5.69 Å². The molecule has 4 heteroatoms. The van der Waals surface area contributed by atoms with Crippen molar-refractivity contribution < 1.29 is 4.79 Å². The molecule has 3 rings (SSSR count). The maximum absolute atomic E-state index is 12.0. The maximum atomic E-state index is 12.0. The van der Waals surface area contributed by atoms with Crippen molar-refractivity contribution >= 4 is 22.5 Å². The van der Waals surface area contributed by atoms with E-state index < -0.39 is 0 Å². The van der Waals surface area contributed by atoms with Gasteiger partial charge >= 0.3 is 0 Å². The number of fused-ring (bicyclic) bond motifs is 1. The highest BCUT2D eigenvalue weighted by molar-refractivity contribution is 5.93. The predicted octanol–water partition coefficient (Wildman–Crippen LogP) is 2.62. The van der Waals surface area contributed by atoms with E-state index in [1.807, 2.05) is 30.5 Å². The van der Waals surface area contributed by atoms with E-state index in [4.69, 9.17) is 5.73 Å². The molecule has 0 bridgehead atoms. The monoisotopic (exact) mass is 257 g/mol. The van der Waals surface area contributed by atoms with Crippen molar-refractivity contribution in [3.63, 3.8) is 0 Å². The molecule has 0 saturated heterocycles. The first-order valence-corrected chi connectivity index (χ1v) is 6.85. The van der Waals surface area contributed by atoms with Crippen LogP contribution in [0.2, 0.25) is 0 Å². The summed E-state index contributed by atoms with van der Waals surface area (Å²) in [7, 11) is 0. The summed E-state index contributed by atoms with van der Waals surface area (Å²) in [6.45, 7) is 0. The van der Waals surface area contributed by atoms with Crippen LogP contribution in [0.1, 0.15) is 25.7 Å². The summed E-state index contributed by atoms with van der Waals surface area (Å²) in [5.41, 5.74) is 7.93. The van der Waals surface area contributed by atoms with E-state index in [1.165, 1.54) is 0 Å². The second-order valence-electron chi connectivity index (χ2n) is 5.39. The summed E-state index contributed by atoms with van der Waals surface area (Å²) in [6.07, 6.45) is 5.70. The molecule has 0 spiro atoms. The minimum Gasteiger partial charge on any atom is -0.361 e. The van der Waals surface area contributed by atoms with Gasteiger partial charge in [-0.3, -0.25) is 4.79 Å². The van der Waals surface area contributed by atoms with Crippen molar-refractivity contribution in [1.82, 2.24) is 4.98 Å². The standard InChI is InChI=1S/C15H19N3O/c16-13-3-1-2-10(13)9-15(19)18-12-4-5-14-11(8-12)6-7-17-14/h4-8,10,13,17H,1-3,9,16H2,(H,18,19)/t10-,13+/m0/s1. The summed E-state index contributed by atoms with van der Waals surface area (Å²) >= 11 is 0. The molecule has 1 aliphatic carbocycles. The smallest absolute Gasteiger partial charge is 0.224 e. The largest absolute Gasteiger partial charge is 0.361 e. The molecule has 1 aliphatic rings. The molecule has 1 fully saturated rings. The number of amides is 1. The first kappa shape index (κ1) is 12.2. The van der Waals surface area contributed by atoms with Gasteiger partial charge in [-0.05, 0) is 43.0 Å². The normalized spacial score (nSPS) is 22.8. The van der Waals surface area contributed by atoms with E-state index in [0.717, 1.165) is 35.9 Å². The van der Waals surface area contributed by atoms with Crippen molar-refractivity contribution in [2.24, 2.45) is 11.7 Å². The molecule has 0 unspecified atom stereocenters. The number of benzene rings is 1. The van der Waals surface area contributed by atoms with Crippen LogP contribution in [-0.2, 0) is 4.79 Å². The first-order valence-electron chi connectivity index (χ1n) is 6.85. The fraction of sp³-hybridized carbons (Fsp3) is 0.400. The topological polar surface area (TPSA) is 70.9 Å². The van der Waals surface area contributed by atoms with Crippen molar-refractivity contribution in [3.05, 3.63) is 30.5 Å². The van der Waals surface area contributed by atoms with Gasteiger partial charge in [0.15, 0.2) is 0 Å². The highest BCUT2D eigenvalue weighted by Crippen LogP contribution is 2.27. The van der Waals surface area contributed by atoms with Crippen LogP contribution < -0.4 is 11.1 Å². The van der Waals surface area contributed by atoms with Crippen molar-refractivity contribution in [2.45, 2.75) is 31.7 Å². The lowest BCUT2D eigenvalue weighted by Crippen LogP contribution is -2.28. The Morgan fingerprint density at radius 3 is 3.05 bits per heavy atom. The van der Waals surface area contributed by atoms with E-state index in [-0.39, 0.29) is 11.9 Å². The third kappa shape index (κ3) is 2.63. The average molecular weight is 257 g/mol. The van der Waals surface area contributed by atoms with Crippen molar-refractivity contribution in [1.29, 1.82) is 0 Å². The van der Waals surface area contributed by atoms with Crippen LogP contribution in [0.25, 0.3) is 10.9 Å². The summed E-state index contributed by atoms with van der Waals surface area (Å²) in [5.74, 6) is 0.410. The molecular formula is C15H19N3O. The van der Waals surface area contributed by atoms with Gasteiger partial charge in [0.25, 0.3) is 0 Å². The summed E-state index contributed by atoms with van der Waals surface area (Å²) in [4.78, 5) is 15.1. The molecule has 100 valence electrons. The van der Waals surface area contributed by atoms with Crippen LogP contribution in [0.5, 0.6) is 0 Å². The minimum absolute atomic E-state index is 0.0669. The molecule has 1 aromatic carbocycles. The lowest BCUT2D eigenvalue weighted by Gasteiger charge is -2.14. The molecule has 1 aromatic heterocycles. The van der Waals surface area contributed by atoms with Gasteiger partial charge in [-0.15, -0.1) is 0 Å². The van der Waals surface area contributed by atoms with E-state index in [0.29, 0.717) is 12.3 Å². The number of nitrogens with one attached hydrogen (secondary N) is 2. The number of hydrogen-bond donors (Lipinski definition) is 3. The molecule has 4 nitrogen and oxygen atoms in total. The lowest BCUT2D eigenvalue weighted by molar-refractivity contribution is -0.117. The third-order valence-corrected chi connectivity index (χ3v) is 4.00. The number of anilines is 1. The average Bonchev–Trinajstić information content (AvgIpc) is 2.98. The molecule has 1 heterocycles. The second-order valence-corrected chi connectivity index (χ2v) is 5.39. The Hall–Kier alpha value is -1.81. The Balaban J connectivity index is 1.65. The number of rotatable bonds is 3. The fourth-order valence-electron chi connectivity index (χ4n) is 2.90. The first-order chi connectivity index (χ1) is 9.22. The quantitative estimate of drug-likeness (QED) is 0.791. The van der Waals surface area contributed by atoms with E-state index in [2.05, 4.69) is 10.3 Å². The van der Waals surface area contributed by atoms with E-state index in [1.54, 1.807) is 0 Å². The Kier molecular flexibility index (Phi) is 3.25. The molecule has 0 aliphatic heterocycles. The van der Waals surface area contributed by atoms with Gasteiger partial charge in [0, 0.05) is 35.2 Å². The van der Waals surface area contributed by atoms with Crippen LogP contribution in [0, 0.1) is 5.92 Å². The number of nitrogens with two attached hydrogens (primary N) is 1. The van der Waals surface area contributed by atoms with Crippen molar-refractivity contribution in [3.8, 4) is 0 Å². The highest BCUT2D eigenvalue weighted by atomic mass is 16.1. The van der Waals surface area contributed by atoms with Gasteiger partial charge in [-0.1, -0.05) is 6.42 Å². The minimum atomic E-state index is 0.0669. The highest BCUT2D eigenvalue weighted by Gasteiger charge is 2.25. The van der Waals surface area contributed by atoms with Crippen LogP contribution in [0.3, 0.4) is 0 Å². The Morgan fingerprint density at radius 2 is 2.26 bits per heavy atom. The second kappa shape index (κ2) is 5.05. The molecule has 19 heavy (non-hydrogen) atoms. The molecule has 0 radical (unpaired) electrons. The fourth-order valence-corrected chi connectivity index (χ4v) is 2.90. The number of carbonyl (C=O) groups excluding carboxylic acids is 1. The summed E-state index contributed by atoms with van der Waals surface area (Å²) in [5, 5.41) is 4.07. The Morgan fingerprint density at radius 1 is 1.37 bits per heavy atom. The zero-order valence-corrected chi connectivity index (χ0v) is 10.9. The summed E-state index contributed by atoms with van der Waals surface area (Å²) < 4.78 is 0. The van der Waals surface area contributed by atoms with Crippen LogP contribution >= 0.6 is 0 Å². The molecule has 4 N–H and O–H groups in total. The number of hydrogen-bond acceptors (Lipinski definition) is 2. The SMILES string of the molecule is N[C@@H]1CCC[C@H]1CC(=O)Nc1ccc2[nH]ccc2c1. The van der Waals surface area contributed by atoms with Gasteiger partial charge in [-0.2, -0.15) is 0 Å². The molecule has 2 aromatic rings. The third-order valence-electron chi connectivity index (χ3n) is 4.00. The number of aromatic nitrogens is 1. The van der Waals surface area contributed by atoms with Crippen LogP contribution in [0.15, 0.2) is 30.5 Å². The number of carbonyl (C=O) groups is 1. The lowest BCUT2D eigenvalue weighted by atomic mass is 10.00. The number of H-pyrrole nitrogens is 1. The Labute approximate surface area is 112 Å². The Bertz CT molecular complexity index is 590. The maximum Gasteiger partial charge on any atom is 0.224 e. The van der Waals surface area contributed by atoms with E-state index >= 15 is 0 Å². The predicted molar refractivity (Wildman–Crippen MR) is 76.9 cm³/mol. The number of aromatic amines is 1. The molecular weight excluding hydrogens is 238 g/mol. The summed E-state index contributed by atoms with van der Waals surface area (Å²) in [6, 6.07) is 8.08. The molecule has 1 amide bonds. The van der Waals surface area contributed by atoms with Gasteiger partial charge in [0.2, 0.25) is 5.91 Å². The molecule has 1 saturated carbocycles. The molecule has 2 atom stereocenters. The van der Waals surface area contributed by atoms with Crippen LogP contribution in [-0.4, -0.2) is 16.9 Å². The zero-order chi connectivity index (χ0) is 13.2. The van der Waals surface area contributed by atoms with Gasteiger partial charge in [-0.25, -0.2) is 0 Å². The van der Waals surface area contributed by atoms with Gasteiger partial charge in [0.05, 0.1) is 0 Å². The van der Waals surface area contributed by atoms with E-state index in [9.17, 15) is 4.79 Å². The zero-order valence-electron chi connectivity index (χ0n) is 10.9. The van der Waals surface area contributed by atoms with Gasteiger partial charge in [0.1, 0.15) is 0 Å². The van der Waals surface area contributed by atoms with Gasteiger partial charge < -0.3 is 16.0 Å². The van der Waals surface area contributed by atoms with Crippen molar-refractivity contribution in [2.75, 3.05) is 5.32 Å².